The highest BCUT2D eigenvalue weighted by molar-refractivity contribution is 7.09. The van der Waals surface area contributed by atoms with E-state index in [1.807, 2.05) is 17.5 Å². The Labute approximate surface area is 192 Å². The summed E-state index contributed by atoms with van der Waals surface area (Å²) in [5, 5.41) is 5.43. The van der Waals surface area contributed by atoms with Crippen molar-refractivity contribution in [1.29, 1.82) is 0 Å². The number of aromatic amines is 1. The molecule has 3 aromatic heterocycles. The molecule has 0 saturated heterocycles. The number of fused-ring (bicyclic) bond motifs is 1. The van der Waals surface area contributed by atoms with E-state index < -0.39 is 11.5 Å². The molecule has 0 radical (unpaired) electrons. The number of halogens is 1. The Morgan fingerprint density at radius 2 is 2.06 bits per heavy atom. The smallest absolute Gasteiger partial charge is 0.261 e. The molecule has 0 aliphatic heterocycles. The number of anilines is 1. The molecule has 3 heterocycles. The molecule has 0 aliphatic carbocycles. The van der Waals surface area contributed by atoms with Crippen LogP contribution < -0.4 is 15.6 Å². The van der Waals surface area contributed by atoms with Crippen molar-refractivity contribution in [2.45, 2.75) is 12.8 Å². The Balaban J connectivity index is 1.55. The van der Waals surface area contributed by atoms with Crippen molar-refractivity contribution in [3.8, 4) is 5.88 Å². The van der Waals surface area contributed by atoms with Crippen LogP contribution in [0.3, 0.4) is 0 Å². The number of benzene rings is 1. The summed E-state index contributed by atoms with van der Waals surface area (Å²) in [6.07, 6.45) is 2.49. The Bertz CT molecular complexity index is 1370. The van der Waals surface area contributed by atoms with Crippen molar-refractivity contribution in [2.75, 3.05) is 12.4 Å². The fraction of sp³-hybridized carbons (Fsp3) is 0.130. The van der Waals surface area contributed by atoms with E-state index in [0.29, 0.717) is 35.2 Å². The monoisotopic (exact) mass is 467 g/mol. The molecule has 1 amide bonds. The molecule has 0 unspecified atom stereocenters. The number of pyridine rings is 2. The first-order valence-corrected chi connectivity index (χ1v) is 10.9. The maximum absolute atomic E-state index is 12.8. The van der Waals surface area contributed by atoms with Crippen molar-refractivity contribution in [3.05, 3.63) is 85.4 Å². The molecule has 0 atom stereocenters. The van der Waals surface area contributed by atoms with Gasteiger partial charge in [0.15, 0.2) is 5.78 Å². The summed E-state index contributed by atoms with van der Waals surface area (Å²) in [4.78, 5) is 45.7. The quantitative estimate of drug-likeness (QED) is 0.383. The zero-order valence-corrected chi connectivity index (χ0v) is 18.5. The van der Waals surface area contributed by atoms with Crippen molar-refractivity contribution in [3.63, 3.8) is 0 Å². The van der Waals surface area contributed by atoms with Gasteiger partial charge in [-0.25, -0.2) is 4.98 Å². The highest BCUT2D eigenvalue weighted by atomic mass is 35.5. The van der Waals surface area contributed by atoms with Crippen LogP contribution in [0, 0.1) is 0 Å². The lowest BCUT2D eigenvalue weighted by atomic mass is 10.1. The zero-order valence-electron chi connectivity index (χ0n) is 17.0. The average Bonchev–Trinajstić information content (AvgIpc) is 3.31. The number of aryl methyl sites for hydroxylation is 1. The van der Waals surface area contributed by atoms with Crippen LogP contribution in [0.1, 0.15) is 32.0 Å². The van der Waals surface area contributed by atoms with Gasteiger partial charge in [-0.05, 0) is 42.1 Å². The topological polar surface area (TPSA) is 101 Å². The number of nitrogens with one attached hydrogen (secondary N) is 2. The molecule has 0 bridgehead atoms. The number of amides is 1. The molecule has 4 aromatic rings. The molecule has 0 saturated carbocycles. The summed E-state index contributed by atoms with van der Waals surface area (Å²) in [7, 11) is 1.47. The summed E-state index contributed by atoms with van der Waals surface area (Å²) < 4.78 is 5.05. The Hall–Kier alpha value is -3.49. The molecule has 4 rings (SSSR count). The number of hydrogen-bond acceptors (Lipinski definition) is 6. The van der Waals surface area contributed by atoms with E-state index in [4.69, 9.17) is 16.3 Å². The molecular formula is C23H18ClN3O4S. The fourth-order valence-electron chi connectivity index (χ4n) is 3.18. The number of ketones is 1. The van der Waals surface area contributed by atoms with Gasteiger partial charge >= 0.3 is 0 Å². The van der Waals surface area contributed by atoms with E-state index in [9.17, 15) is 14.4 Å². The molecule has 2 N–H and O–H groups in total. The highest BCUT2D eigenvalue weighted by Crippen LogP contribution is 2.25. The Morgan fingerprint density at radius 3 is 2.81 bits per heavy atom. The van der Waals surface area contributed by atoms with Crippen molar-refractivity contribution in [2.24, 2.45) is 0 Å². The highest BCUT2D eigenvalue weighted by Gasteiger charge is 2.16. The normalized spacial score (nSPS) is 10.8. The maximum atomic E-state index is 12.8. The van der Waals surface area contributed by atoms with Gasteiger partial charge in [0.05, 0.1) is 23.3 Å². The van der Waals surface area contributed by atoms with Gasteiger partial charge in [-0.1, -0.05) is 17.7 Å². The van der Waals surface area contributed by atoms with Crippen molar-refractivity contribution < 1.29 is 14.3 Å². The van der Waals surface area contributed by atoms with E-state index in [-0.39, 0.29) is 22.1 Å². The number of Topliss-reactive ketones (excluding diaryl/α,β-unsaturated/α-hetero) is 1. The van der Waals surface area contributed by atoms with Crippen LogP contribution in [-0.4, -0.2) is 28.8 Å². The number of H-pyrrole nitrogens is 1. The Morgan fingerprint density at radius 1 is 1.22 bits per heavy atom. The van der Waals surface area contributed by atoms with Crippen LogP contribution in [0.15, 0.2) is 58.8 Å². The number of ether oxygens (including phenoxy) is 1. The second-order valence-electron chi connectivity index (χ2n) is 6.98. The number of aromatic nitrogens is 2. The lowest BCUT2D eigenvalue weighted by molar-refractivity contribution is 0.0980. The maximum Gasteiger partial charge on any atom is 0.261 e. The lowest BCUT2D eigenvalue weighted by Crippen LogP contribution is -2.23. The third-order valence-electron chi connectivity index (χ3n) is 4.87. The number of thiophene rings is 1. The minimum Gasteiger partial charge on any atom is -0.481 e. The van der Waals surface area contributed by atoms with Gasteiger partial charge < -0.3 is 15.0 Å². The number of rotatable bonds is 7. The third-order valence-corrected chi connectivity index (χ3v) is 6.14. The average molecular weight is 468 g/mol. The third kappa shape index (κ3) is 4.71. The van der Waals surface area contributed by atoms with E-state index in [0.717, 1.165) is 4.88 Å². The molecule has 162 valence electrons. The number of methoxy groups -OCH3 is 1. The van der Waals surface area contributed by atoms with Crippen LogP contribution in [0.2, 0.25) is 5.02 Å². The number of carbonyl (C=O) groups is 2. The van der Waals surface area contributed by atoms with Crippen LogP contribution in [0.5, 0.6) is 5.88 Å². The van der Waals surface area contributed by atoms with Crippen LogP contribution in [0.25, 0.3) is 10.9 Å². The molecule has 9 heteroatoms. The summed E-state index contributed by atoms with van der Waals surface area (Å²) in [6.45, 7) is 0. The van der Waals surface area contributed by atoms with Gasteiger partial charge in [-0.2, -0.15) is 0 Å². The Kier molecular flexibility index (Phi) is 6.34. The predicted octanol–water partition coefficient (Wildman–Crippen LogP) is 4.71. The summed E-state index contributed by atoms with van der Waals surface area (Å²) >= 11 is 7.83. The molecule has 32 heavy (non-hydrogen) atoms. The van der Waals surface area contributed by atoms with Crippen LogP contribution in [0.4, 0.5) is 5.69 Å². The second-order valence-corrected chi connectivity index (χ2v) is 8.42. The molecule has 0 spiro atoms. The van der Waals surface area contributed by atoms with Crippen LogP contribution >= 0.6 is 22.9 Å². The van der Waals surface area contributed by atoms with Gasteiger partial charge in [0.25, 0.3) is 11.5 Å². The zero-order chi connectivity index (χ0) is 22.7. The van der Waals surface area contributed by atoms with Gasteiger partial charge in [0.1, 0.15) is 5.56 Å². The SMILES string of the molecule is COc1cc2[nH]c(=O)c(C(=O)Nc3cc(C(=O)CCc4cccs4)ccc3Cl)cc2cn1. The van der Waals surface area contributed by atoms with E-state index in [1.165, 1.54) is 25.4 Å². The minimum atomic E-state index is -0.644. The minimum absolute atomic E-state index is 0.0610. The first kappa shape index (κ1) is 21.7. The lowest BCUT2D eigenvalue weighted by Gasteiger charge is -2.10. The van der Waals surface area contributed by atoms with E-state index in [2.05, 4.69) is 15.3 Å². The van der Waals surface area contributed by atoms with Gasteiger partial charge in [0, 0.05) is 34.5 Å². The molecule has 1 aromatic carbocycles. The predicted molar refractivity (Wildman–Crippen MR) is 125 cm³/mol. The van der Waals surface area contributed by atoms with Crippen molar-refractivity contribution >= 4 is 51.2 Å². The molecule has 7 nitrogen and oxygen atoms in total. The van der Waals surface area contributed by atoms with Gasteiger partial charge in [0.2, 0.25) is 5.88 Å². The summed E-state index contributed by atoms with van der Waals surface area (Å²) in [5.74, 6) is -0.360. The standard InChI is InChI=1S/C23H18ClN3O4S/c1-31-21-11-18-14(12-25-21)9-16(22(29)26-18)23(30)27-19-10-13(4-6-17(19)24)20(28)7-5-15-3-2-8-32-15/h2-4,6,8-12H,5,7H2,1H3,(H,26,29)(H,27,30). The number of carbonyl (C=O) groups excluding carboxylic acids is 2. The first-order valence-electron chi connectivity index (χ1n) is 9.68. The van der Waals surface area contributed by atoms with E-state index >= 15 is 0 Å². The molecule has 0 fully saturated rings. The van der Waals surface area contributed by atoms with Crippen molar-refractivity contribution in [1.82, 2.24) is 9.97 Å². The second kappa shape index (κ2) is 9.33. The largest absolute Gasteiger partial charge is 0.481 e. The summed E-state index contributed by atoms with van der Waals surface area (Å²) in [5.41, 5.74) is 0.517. The fourth-order valence-corrected chi connectivity index (χ4v) is 4.05. The molecule has 0 aliphatic rings. The van der Waals surface area contributed by atoms with Gasteiger partial charge in [-0.3, -0.25) is 14.4 Å². The van der Waals surface area contributed by atoms with Crippen LogP contribution in [-0.2, 0) is 6.42 Å². The first-order chi connectivity index (χ1) is 15.4. The number of hydrogen-bond donors (Lipinski definition) is 2. The molecular weight excluding hydrogens is 450 g/mol. The summed E-state index contributed by atoms with van der Waals surface area (Å²) in [6, 6.07) is 11.6. The number of nitrogens with zero attached hydrogens (tertiary/aromatic N) is 1. The van der Waals surface area contributed by atoms with E-state index in [1.54, 1.807) is 29.5 Å². The van der Waals surface area contributed by atoms with Gasteiger partial charge in [-0.15, -0.1) is 11.3 Å².